The first-order valence-electron chi connectivity index (χ1n) is 5.12. The van der Waals surface area contributed by atoms with Gasteiger partial charge in [0.25, 0.3) is 0 Å². The highest BCUT2D eigenvalue weighted by Gasteiger charge is 2.29. The van der Waals surface area contributed by atoms with E-state index in [1.165, 1.54) is 0 Å². The minimum Gasteiger partial charge on any atom is -0.489 e. The number of hydrogen-bond donors (Lipinski definition) is 2. The second-order valence-corrected chi connectivity index (χ2v) is 3.90. The molecule has 0 fully saturated rings. The van der Waals surface area contributed by atoms with Gasteiger partial charge in [0.15, 0.2) is 5.75 Å². The third kappa shape index (κ3) is 2.52. The fourth-order valence-corrected chi connectivity index (χ4v) is 1.27. The molecule has 0 aliphatic rings. The third-order valence-electron chi connectivity index (χ3n) is 2.30. The predicted molar refractivity (Wildman–Crippen MR) is 60.2 cm³/mol. The Morgan fingerprint density at radius 2 is 2.38 bits per heavy atom. The SMILES string of the molecule is CNC(=O)C(C)(C)n1cc(OCCN)cn1. The summed E-state index contributed by atoms with van der Waals surface area (Å²) in [6.45, 7) is 4.45. The molecule has 90 valence electrons. The molecule has 1 aromatic rings. The Kier molecular flexibility index (Phi) is 3.89. The molecule has 0 saturated carbocycles. The lowest BCUT2D eigenvalue weighted by Gasteiger charge is -2.22. The zero-order valence-corrected chi connectivity index (χ0v) is 9.86. The summed E-state index contributed by atoms with van der Waals surface area (Å²) in [6.07, 6.45) is 3.26. The largest absolute Gasteiger partial charge is 0.489 e. The molecule has 0 spiro atoms. The van der Waals surface area contributed by atoms with E-state index in [4.69, 9.17) is 10.5 Å². The zero-order chi connectivity index (χ0) is 12.2. The van der Waals surface area contributed by atoms with Gasteiger partial charge in [-0.2, -0.15) is 5.10 Å². The number of rotatable bonds is 5. The standard InChI is InChI=1S/C10H18N4O2/c1-10(2,9(15)12-3)14-7-8(6-13-14)16-5-4-11/h6-7H,4-5,11H2,1-3H3,(H,12,15). The highest BCUT2D eigenvalue weighted by molar-refractivity contribution is 5.83. The van der Waals surface area contributed by atoms with E-state index in [1.807, 2.05) is 0 Å². The quantitative estimate of drug-likeness (QED) is 0.722. The van der Waals surface area contributed by atoms with E-state index < -0.39 is 5.54 Å². The number of nitrogens with one attached hydrogen (secondary N) is 1. The van der Waals surface area contributed by atoms with Gasteiger partial charge in [-0.3, -0.25) is 9.48 Å². The summed E-state index contributed by atoms with van der Waals surface area (Å²) in [6, 6.07) is 0. The fourth-order valence-electron chi connectivity index (χ4n) is 1.27. The Balaban J connectivity index is 2.80. The lowest BCUT2D eigenvalue weighted by Crippen LogP contribution is -2.43. The third-order valence-corrected chi connectivity index (χ3v) is 2.30. The van der Waals surface area contributed by atoms with Gasteiger partial charge in [-0.15, -0.1) is 0 Å². The molecule has 6 heteroatoms. The zero-order valence-electron chi connectivity index (χ0n) is 9.86. The molecule has 1 aromatic heterocycles. The monoisotopic (exact) mass is 226 g/mol. The Morgan fingerprint density at radius 1 is 1.69 bits per heavy atom. The van der Waals surface area contributed by atoms with Crippen molar-refractivity contribution < 1.29 is 9.53 Å². The molecule has 0 aliphatic carbocycles. The molecule has 1 amide bonds. The number of aromatic nitrogens is 2. The average Bonchev–Trinajstić information content (AvgIpc) is 2.74. The van der Waals surface area contributed by atoms with Crippen molar-refractivity contribution in [3.8, 4) is 5.75 Å². The molecule has 0 radical (unpaired) electrons. The molecule has 6 nitrogen and oxygen atoms in total. The van der Waals surface area contributed by atoms with Crippen molar-refractivity contribution in [1.82, 2.24) is 15.1 Å². The molecule has 0 atom stereocenters. The maximum absolute atomic E-state index is 11.6. The van der Waals surface area contributed by atoms with Crippen LogP contribution in [-0.2, 0) is 10.3 Å². The van der Waals surface area contributed by atoms with Gasteiger partial charge >= 0.3 is 0 Å². The van der Waals surface area contributed by atoms with E-state index in [0.29, 0.717) is 18.9 Å². The molecule has 0 saturated heterocycles. The molecule has 16 heavy (non-hydrogen) atoms. The summed E-state index contributed by atoms with van der Waals surface area (Å²) in [5, 5.41) is 6.70. The average molecular weight is 226 g/mol. The summed E-state index contributed by atoms with van der Waals surface area (Å²) in [5.74, 6) is 0.503. The van der Waals surface area contributed by atoms with Gasteiger partial charge < -0.3 is 15.8 Å². The van der Waals surface area contributed by atoms with Crippen molar-refractivity contribution in [2.24, 2.45) is 5.73 Å². The lowest BCUT2D eigenvalue weighted by molar-refractivity contribution is -0.128. The summed E-state index contributed by atoms with van der Waals surface area (Å²) in [5.41, 5.74) is 4.59. The number of nitrogens with two attached hydrogens (primary N) is 1. The van der Waals surface area contributed by atoms with Crippen LogP contribution in [0.15, 0.2) is 12.4 Å². The Morgan fingerprint density at radius 3 is 2.94 bits per heavy atom. The molecule has 0 unspecified atom stereocenters. The van der Waals surface area contributed by atoms with Crippen molar-refractivity contribution in [2.75, 3.05) is 20.2 Å². The van der Waals surface area contributed by atoms with Crippen LogP contribution in [0.1, 0.15) is 13.8 Å². The lowest BCUT2D eigenvalue weighted by atomic mass is 10.1. The first-order valence-corrected chi connectivity index (χ1v) is 5.12. The van der Waals surface area contributed by atoms with E-state index in [2.05, 4.69) is 10.4 Å². The molecule has 3 N–H and O–H groups in total. The first-order chi connectivity index (χ1) is 7.52. The van der Waals surface area contributed by atoms with Crippen LogP contribution in [0.2, 0.25) is 0 Å². The number of amides is 1. The molecular formula is C10H18N4O2. The molecular weight excluding hydrogens is 208 g/mol. The maximum atomic E-state index is 11.6. The van der Waals surface area contributed by atoms with Gasteiger partial charge in [0.1, 0.15) is 12.1 Å². The number of likely N-dealkylation sites (N-methyl/N-ethyl adjacent to an activating group) is 1. The van der Waals surface area contributed by atoms with Gasteiger partial charge in [0, 0.05) is 13.6 Å². The van der Waals surface area contributed by atoms with Crippen LogP contribution in [0.4, 0.5) is 0 Å². The summed E-state index contributed by atoms with van der Waals surface area (Å²) in [7, 11) is 1.60. The van der Waals surface area contributed by atoms with E-state index in [9.17, 15) is 4.79 Å². The Bertz CT molecular complexity index is 359. The number of carbonyl (C=O) groups is 1. The second kappa shape index (κ2) is 4.98. The minimum absolute atomic E-state index is 0.110. The van der Waals surface area contributed by atoms with Crippen molar-refractivity contribution >= 4 is 5.91 Å². The molecule has 1 rings (SSSR count). The Hall–Kier alpha value is -1.56. The minimum atomic E-state index is -0.737. The number of ether oxygens (including phenoxy) is 1. The van der Waals surface area contributed by atoms with E-state index in [0.717, 1.165) is 0 Å². The van der Waals surface area contributed by atoms with Crippen LogP contribution in [0.3, 0.4) is 0 Å². The number of carbonyl (C=O) groups excluding carboxylic acids is 1. The molecule has 1 heterocycles. The van der Waals surface area contributed by atoms with Crippen LogP contribution in [0.5, 0.6) is 5.75 Å². The van der Waals surface area contributed by atoms with Gasteiger partial charge in [-0.25, -0.2) is 0 Å². The van der Waals surface area contributed by atoms with Gasteiger partial charge in [0.05, 0.1) is 12.4 Å². The first kappa shape index (κ1) is 12.5. The van der Waals surface area contributed by atoms with E-state index in [1.54, 1.807) is 38.0 Å². The summed E-state index contributed by atoms with van der Waals surface area (Å²) in [4.78, 5) is 11.6. The van der Waals surface area contributed by atoms with Gasteiger partial charge in [0.2, 0.25) is 5.91 Å². The maximum Gasteiger partial charge on any atom is 0.247 e. The normalized spacial score (nSPS) is 11.2. The van der Waals surface area contributed by atoms with Crippen LogP contribution < -0.4 is 15.8 Å². The van der Waals surface area contributed by atoms with E-state index in [-0.39, 0.29) is 5.91 Å². The number of nitrogens with zero attached hydrogens (tertiary/aromatic N) is 2. The van der Waals surface area contributed by atoms with Crippen LogP contribution in [0.25, 0.3) is 0 Å². The smallest absolute Gasteiger partial charge is 0.247 e. The van der Waals surface area contributed by atoms with Crippen molar-refractivity contribution in [3.63, 3.8) is 0 Å². The summed E-state index contributed by atoms with van der Waals surface area (Å²) >= 11 is 0. The molecule has 0 aliphatic heterocycles. The summed E-state index contributed by atoms with van der Waals surface area (Å²) < 4.78 is 6.87. The van der Waals surface area contributed by atoms with Crippen LogP contribution in [0, 0.1) is 0 Å². The predicted octanol–water partition coefficient (Wildman–Crippen LogP) is -0.298. The van der Waals surface area contributed by atoms with Crippen LogP contribution >= 0.6 is 0 Å². The van der Waals surface area contributed by atoms with Gasteiger partial charge in [-0.05, 0) is 13.8 Å². The van der Waals surface area contributed by atoms with Crippen molar-refractivity contribution in [1.29, 1.82) is 0 Å². The fraction of sp³-hybridized carbons (Fsp3) is 0.600. The topological polar surface area (TPSA) is 82.2 Å². The molecule has 0 aromatic carbocycles. The van der Waals surface area contributed by atoms with Crippen LogP contribution in [-0.4, -0.2) is 35.9 Å². The number of hydrogen-bond acceptors (Lipinski definition) is 4. The molecule has 0 bridgehead atoms. The van der Waals surface area contributed by atoms with E-state index >= 15 is 0 Å². The van der Waals surface area contributed by atoms with Crippen molar-refractivity contribution in [3.05, 3.63) is 12.4 Å². The Labute approximate surface area is 94.8 Å². The highest BCUT2D eigenvalue weighted by atomic mass is 16.5. The second-order valence-electron chi connectivity index (χ2n) is 3.90. The van der Waals surface area contributed by atoms with Gasteiger partial charge in [-0.1, -0.05) is 0 Å². The highest BCUT2D eigenvalue weighted by Crippen LogP contribution is 2.18. The van der Waals surface area contributed by atoms with Crippen molar-refractivity contribution in [2.45, 2.75) is 19.4 Å².